The number of H-pyrrole nitrogens is 1. The number of rotatable bonds is 20. The van der Waals surface area contributed by atoms with Gasteiger partial charge in [0.1, 0.15) is 18.5 Å². The number of aromatic amines is 1. The zero-order chi connectivity index (χ0) is 36.8. The highest BCUT2D eigenvalue weighted by molar-refractivity contribution is 7.33. The lowest BCUT2D eigenvalue weighted by Crippen LogP contribution is -2.47. The van der Waals surface area contributed by atoms with Crippen LogP contribution >= 0.6 is 8.25 Å². The van der Waals surface area contributed by atoms with E-state index in [9.17, 15) is 28.4 Å². The second-order valence-electron chi connectivity index (χ2n) is 12.2. The Morgan fingerprint density at radius 3 is 2.68 bits per heavy atom. The summed E-state index contributed by atoms with van der Waals surface area (Å²) >= 11 is 0. The molecule has 8 N–H and O–H groups in total. The molecule has 0 aliphatic carbocycles. The van der Waals surface area contributed by atoms with Gasteiger partial charge in [0.2, 0.25) is 11.8 Å². The van der Waals surface area contributed by atoms with Crippen molar-refractivity contribution in [3.8, 4) is 0 Å². The Labute approximate surface area is 291 Å². The Kier molecular flexibility index (Phi) is 16.0. The maximum Gasteiger partial charge on any atom is 0.728 e. The zero-order valence-electron chi connectivity index (χ0n) is 28.9. The third-order valence-corrected chi connectivity index (χ3v) is 9.12. The Bertz CT molecular complexity index is 1580. The van der Waals surface area contributed by atoms with Gasteiger partial charge in [-0.15, -0.1) is 4.52 Å². The van der Waals surface area contributed by atoms with Gasteiger partial charge in [-0.1, -0.05) is 6.42 Å². The summed E-state index contributed by atoms with van der Waals surface area (Å²) in [6, 6.07) is 3.34. The van der Waals surface area contributed by atoms with E-state index < -0.39 is 20.1 Å². The molecule has 0 saturated heterocycles. The molecule has 2 aromatic rings. The lowest BCUT2D eigenvalue weighted by atomic mass is 10.0. The number of amides is 3. The number of aromatic nitrogens is 1. The second-order valence-corrected chi connectivity index (χ2v) is 13.0. The van der Waals surface area contributed by atoms with Gasteiger partial charge in [0.25, 0.3) is 5.91 Å². The minimum atomic E-state index is -2.65. The van der Waals surface area contributed by atoms with E-state index >= 15 is 0 Å². The summed E-state index contributed by atoms with van der Waals surface area (Å²) in [4.78, 5) is 48.0. The monoisotopic (exact) mass is 720 g/mol. The predicted octanol–water partition coefficient (Wildman–Crippen LogP) is 3.40. The zero-order valence-corrected chi connectivity index (χ0v) is 29.8. The van der Waals surface area contributed by atoms with Gasteiger partial charge < -0.3 is 36.7 Å². The van der Waals surface area contributed by atoms with Crippen molar-refractivity contribution >= 4 is 49.3 Å². The minimum absolute atomic E-state index is 0.0534. The summed E-state index contributed by atoms with van der Waals surface area (Å²) in [7, 11) is 0.726. The molecule has 0 radical (unpaired) electrons. The normalized spacial score (nSPS) is 15.0. The highest BCUT2D eigenvalue weighted by Gasteiger charge is 2.26. The fourth-order valence-corrected chi connectivity index (χ4v) is 6.06. The molecule has 2 heterocycles. The molecule has 3 amide bonds. The van der Waals surface area contributed by atoms with Crippen molar-refractivity contribution in [2.75, 3.05) is 45.7 Å². The first-order chi connectivity index (χ1) is 23.9. The maximum absolute atomic E-state index is 13.9. The lowest BCUT2D eigenvalue weighted by Gasteiger charge is -2.21. The molecule has 15 nitrogen and oxygen atoms in total. The first kappa shape index (κ1) is 40.2. The van der Waals surface area contributed by atoms with E-state index in [1.807, 2.05) is 13.8 Å². The van der Waals surface area contributed by atoms with E-state index in [-0.39, 0.29) is 43.3 Å². The number of hydrogen-bond donors (Lipinski definition) is 7. The van der Waals surface area contributed by atoms with Gasteiger partial charge in [-0.2, -0.15) is 0 Å². The second kappa shape index (κ2) is 19.8. The number of nitrogens with two attached hydrogens (primary N) is 1. The molecular formula is C33H48FN7O8P+. The van der Waals surface area contributed by atoms with Crippen molar-refractivity contribution in [1.29, 1.82) is 0 Å². The highest BCUT2D eigenvalue weighted by Crippen LogP contribution is 2.34. The number of fused-ring (bicyclic) bond motifs is 1. The lowest BCUT2D eigenvalue weighted by molar-refractivity contribution is -0.142. The van der Waals surface area contributed by atoms with E-state index in [4.69, 9.17) is 15.5 Å². The smallest absolute Gasteiger partial charge is 0.396 e. The van der Waals surface area contributed by atoms with Gasteiger partial charge in [0, 0.05) is 73.3 Å². The highest BCUT2D eigenvalue weighted by atomic mass is 31.1. The molecule has 0 saturated carbocycles. The fourth-order valence-electron chi connectivity index (χ4n) is 5.68. The Morgan fingerprint density at radius 2 is 1.98 bits per heavy atom. The number of nitrogens with one attached hydrogen (secondary N) is 4. The van der Waals surface area contributed by atoms with E-state index in [0.29, 0.717) is 80.1 Å². The molecular weight excluding hydrogens is 672 g/mol. The van der Waals surface area contributed by atoms with Gasteiger partial charge in [-0.25, -0.2) is 9.65 Å². The largest absolute Gasteiger partial charge is 0.728 e. The van der Waals surface area contributed by atoms with Crippen LogP contribution in [0.1, 0.15) is 66.6 Å². The van der Waals surface area contributed by atoms with Crippen LogP contribution in [0.2, 0.25) is 0 Å². The van der Waals surface area contributed by atoms with Crippen molar-refractivity contribution in [2.45, 2.75) is 64.8 Å². The summed E-state index contributed by atoms with van der Waals surface area (Å²) < 4.78 is 33.4. The van der Waals surface area contributed by atoms with Crippen LogP contribution in [0.4, 0.5) is 10.1 Å². The molecule has 0 bridgehead atoms. The van der Waals surface area contributed by atoms with Crippen molar-refractivity contribution in [3.63, 3.8) is 0 Å². The number of aliphatic hydroxyl groups is 1. The third-order valence-electron chi connectivity index (χ3n) is 8.62. The van der Waals surface area contributed by atoms with Gasteiger partial charge in [-0.05, 0) is 81.4 Å². The topological polar surface area (TPSA) is 221 Å². The van der Waals surface area contributed by atoms with Gasteiger partial charge >= 0.3 is 8.25 Å². The summed E-state index contributed by atoms with van der Waals surface area (Å²) in [5.41, 5.74) is 10.5. The van der Waals surface area contributed by atoms with Gasteiger partial charge in [0.15, 0.2) is 5.96 Å². The van der Waals surface area contributed by atoms with Crippen LogP contribution in [-0.2, 0) is 34.6 Å². The van der Waals surface area contributed by atoms with E-state index in [1.165, 1.54) is 18.2 Å². The third kappa shape index (κ3) is 11.7. The standard InChI is InChI=1S/C33H47FN7O8P/c1-20-24(21(2)38-29(20)17-26-25-16-23(34)10-12-27(25)40-31(26)44)11-13-30(43)39-28(9-7-15-41(4)33(35)36-3)32(45)37-14-6-5-8-22(18-42)19-48-50(47)49-46/h10,12,16-17,22,28,38,42H,5-9,11,13-15,18-19H2,1-4H3,(H5-,35,36,37,39,40,43,44,45,46)/p+1/b26-17-/t22?,28-/m1/s1. The Hall–Kier alpha value is -4.21. The van der Waals surface area contributed by atoms with Crippen LogP contribution in [0.25, 0.3) is 11.6 Å². The number of unbranched alkanes of at least 4 members (excludes halogenated alkanes) is 1. The molecule has 274 valence electrons. The van der Waals surface area contributed by atoms with E-state index in [2.05, 4.69) is 30.6 Å². The SMILES string of the molecule is CN=C(N)N(C)CCC[C@@H](NC(=O)CCc1c(C)[nH]c(/C=C2\C(=O)Nc3ccc(F)cc32)c1C)C(=O)NCCCCC(CO)CO[P+](=O)OO. The number of aryl methyl sites for hydroxylation is 1. The molecule has 17 heteroatoms. The first-order valence-electron chi connectivity index (χ1n) is 16.4. The quantitative estimate of drug-likeness (QED) is 0.0201. The first-order valence-corrected chi connectivity index (χ1v) is 17.5. The molecule has 1 aliphatic heterocycles. The van der Waals surface area contributed by atoms with Gasteiger partial charge in [-0.3, -0.25) is 19.4 Å². The number of aliphatic imine (C=N–C) groups is 1. The summed E-state index contributed by atoms with van der Waals surface area (Å²) in [6.45, 7) is 4.37. The number of carbonyl (C=O) groups is 3. The number of nitrogens with zero attached hydrogens (tertiary/aromatic N) is 2. The van der Waals surface area contributed by atoms with Gasteiger partial charge in [0.05, 0.1) is 10.2 Å². The number of anilines is 1. The molecule has 3 rings (SSSR count). The number of aliphatic hydroxyl groups excluding tert-OH is 1. The summed E-state index contributed by atoms with van der Waals surface area (Å²) in [5, 5.41) is 26.4. The van der Waals surface area contributed by atoms with Crippen LogP contribution in [-0.4, -0.2) is 90.4 Å². The Balaban J connectivity index is 1.59. The van der Waals surface area contributed by atoms with Crippen molar-refractivity contribution in [2.24, 2.45) is 16.6 Å². The van der Waals surface area contributed by atoms with Crippen molar-refractivity contribution in [3.05, 3.63) is 52.1 Å². The van der Waals surface area contributed by atoms with Crippen LogP contribution < -0.4 is 21.7 Å². The van der Waals surface area contributed by atoms with Crippen LogP contribution in [0.15, 0.2) is 23.2 Å². The van der Waals surface area contributed by atoms with Crippen molar-refractivity contribution < 1.29 is 42.9 Å². The summed E-state index contributed by atoms with van der Waals surface area (Å²) in [6.07, 6.45) is 4.85. The van der Waals surface area contributed by atoms with Crippen LogP contribution in [0.3, 0.4) is 0 Å². The number of hydrogen-bond acceptors (Lipinski definition) is 9. The average Bonchev–Trinajstić information content (AvgIpc) is 3.55. The van der Waals surface area contributed by atoms with Crippen LogP contribution in [0.5, 0.6) is 0 Å². The fraction of sp³-hybridized carbons (Fsp3) is 0.515. The predicted molar refractivity (Wildman–Crippen MR) is 188 cm³/mol. The molecule has 3 atom stereocenters. The summed E-state index contributed by atoms with van der Waals surface area (Å²) in [5.74, 6) is -1.36. The van der Waals surface area contributed by atoms with Crippen LogP contribution in [0, 0.1) is 25.6 Å². The Morgan fingerprint density at radius 1 is 1.22 bits per heavy atom. The number of carbonyl (C=O) groups excluding carboxylic acids is 3. The molecule has 1 aliphatic rings. The molecule has 50 heavy (non-hydrogen) atoms. The number of benzene rings is 1. The molecule has 0 fully saturated rings. The van der Waals surface area contributed by atoms with E-state index in [1.54, 1.807) is 25.1 Å². The number of halogens is 1. The van der Waals surface area contributed by atoms with Crippen molar-refractivity contribution in [1.82, 2.24) is 20.5 Å². The molecule has 2 unspecified atom stereocenters. The molecule has 0 spiro atoms. The molecule has 1 aromatic heterocycles. The number of guanidine groups is 1. The minimum Gasteiger partial charge on any atom is -0.396 e. The average molecular weight is 721 g/mol. The maximum atomic E-state index is 13.9. The van der Waals surface area contributed by atoms with E-state index in [0.717, 1.165) is 16.8 Å². The molecule has 1 aromatic carbocycles.